The van der Waals surface area contributed by atoms with Crippen LogP contribution in [0.5, 0.6) is 0 Å². The minimum atomic E-state index is -0.588. The Bertz CT molecular complexity index is 412. The Hall–Kier alpha value is -1.63. The zero-order valence-corrected chi connectivity index (χ0v) is 10.3. The number of anilines is 1. The zero-order valence-electron chi connectivity index (χ0n) is 9.44. The van der Waals surface area contributed by atoms with Crippen LogP contribution < -0.4 is 16.4 Å². The van der Waals surface area contributed by atoms with Crippen molar-refractivity contribution in [2.24, 2.45) is 12.8 Å². The van der Waals surface area contributed by atoms with E-state index in [9.17, 15) is 4.79 Å². The van der Waals surface area contributed by atoms with E-state index in [1.165, 1.54) is 4.68 Å². The molecule has 1 aromatic rings. The van der Waals surface area contributed by atoms with Gasteiger partial charge in [0.25, 0.3) is 5.91 Å². The SMILES string of the molecule is CC(C)NC(=S)Nc1cn(C)nc1C(N)=O. The van der Waals surface area contributed by atoms with Gasteiger partial charge in [0.1, 0.15) is 0 Å². The number of primary amides is 1. The molecule has 88 valence electrons. The number of carbonyl (C=O) groups excluding carboxylic acids is 1. The van der Waals surface area contributed by atoms with Gasteiger partial charge in [-0.25, -0.2) is 0 Å². The first-order chi connectivity index (χ1) is 7.40. The highest BCUT2D eigenvalue weighted by atomic mass is 32.1. The van der Waals surface area contributed by atoms with Crippen LogP contribution in [-0.4, -0.2) is 26.8 Å². The van der Waals surface area contributed by atoms with Gasteiger partial charge in [0, 0.05) is 19.3 Å². The van der Waals surface area contributed by atoms with Crippen LogP contribution in [0.4, 0.5) is 5.69 Å². The minimum absolute atomic E-state index is 0.176. The molecule has 0 radical (unpaired) electrons. The maximum absolute atomic E-state index is 11.1. The number of aryl methyl sites for hydroxylation is 1. The summed E-state index contributed by atoms with van der Waals surface area (Å²) in [5, 5.41) is 10.2. The molecule has 1 aromatic heterocycles. The first-order valence-corrected chi connectivity index (χ1v) is 5.22. The van der Waals surface area contributed by atoms with Gasteiger partial charge < -0.3 is 16.4 Å². The fourth-order valence-corrected chi connectivity index (χ4v) is 1.53. The van der Waals surface area contributed by atoms with E-state index in [4.69, 9.17) is 18.0 Å². The standard InChI is InChI=1S/C9H15N5OS/c1-5(2)11-9(16)12-6-4-14(3)13-7(6)8(10)15/h4-5H,1-3H3,(H2,10,15)(H2,11,12,16). The Morgan fingerprint density at radius 2 is 2.25 bits per heavy atom. The number of nitrogens with one attached hydrogen (secondary N) is 2. The first-order valence-electron chi connectivity index (χ1n) is 4.81. The highest BCUT2D eigenvalue weighted by Crippen LogP contribution is 2.12. The minimum Gasteiger partial charge on any atom is -0.364 e. The van der Waals surface area contributed by atoms with Crippen molar-refractivity contribution < 1.29 is 4.79 Å². The molecule has 1 heterocycles. The van der Waals surface area contributed by atoms with Crippen LogP contribution >= 0.6 is 12.2 Å². The molecule has 1 rings (SSSR count). The molecular formula is C9H15N5OS. The van der Waals surface area contributed by atoms with E-state index >= 15 is 0 Å². The molecule has 7 heteroatoms. The van der Waals surface area contributed by atoms with E-state index in [1.807, 2.05) is 13.8 Å². The molecule has 0 atom stereocenters. The van der Waals surface area contributed by atoms with Gasteiger partial charge in [0.15, 0.2) is 10.8 Å². The predicted molar refractivity (Wildman–Crippen MR) is 66.2 cm³/mol. The predicted octanol–water partition coefficient (Wildman–Crippen LogP) is 0.214. The molecule has 0 bridgehead atoms. The van der Waals surface area contributed by atoms with Gasteiger partial charge in [-0.3, -0.25) is 9.48 Å². The van der Waals surface area contributed by atoms with Crippen molar-refractivity contribution in [1.29, 1.82) is 0 Å². The summed E-state index contributed by atoms with van der Waals surface area (Å²) in [6, 6.07) is 0.216. The van der Waals surface area contributed by atoms with E-state index in [2.05, 4.69) is 15.7 Å². The molecule has 6 nitrogen and oxygen atoms in total. The van der Waals surface area contributed by atoms with Crippen LogP contribution in [-0.2, 0) is 7.05 Å². The lowest BCUT2D eigenvalue weighted by Crippen LogP contribution is -2.34. The van der Waals surface area contributed by atoms with E-state index < -0.39 is 5.91 Å². The molecule has 0 saturated carbocycles. The highest BCUT2D eigenvalue weighted by Gasteiger charge is 2.13. The average molecular weight is 241 g/mol. The fourth-order valence-electron chi connectivity index (χ4n) is 1.18. The summed E-state index contributed by atoms with van der Waals surface area (Å²) in [4.78, 5) is 11.1. The van der Waals surface area contributed by atoms with Crippen LogP contribution in [0.2, 0.25) is 0 Å². The summed E-state index contributed by atoms with van der Waals surface area (Å²) in [5.74, 6) is -0.588. The van der Waals surface area contributed by atoms with Crippen molar-refractivity contribution in [1.82, 2.24) is 15.1 Å². The smallest absolute Gasteiger partial charge is 0.271 e. The Morgan fingerprint density at radius 1 is 1.62 bits per heavy atom. The van der Waals surface area contributed by atoms with E-state index in [-0.39, 0.29) is 11.7 Å². The molecule has 0 unspecified atom stereocenters. The number of nitrogens with two attached hydrogens (primary N) is 1. The van der Waals surface area contributed by atoms with Crippen molar-refractivity contribution in [3.05, 3.63) is 11.9 Å². The summed E-state index contributed by atoms with van der Waals surface area (Å²) in [5.41, 5.74) is 5.87. The van der Waals surface area contributed by atoms with Crippen LogP contribution in [0, 0.1) is 0 Å². The Kier molecular flexibility index (Phi) is 3.83. The van der Waals surface area contributed by atoms with Crippen molar-refractivity contribution in [3.8, 4) is 0 Å². The molecular weight excluding hydrogens is 226 g/mol. The molecule has 0 saturated heterocycles. The monoisotopic (exact) mass is 241 g/mol. The fraction of sp³-hybridized carbons (Fsp3) is 0.444. The Balaban J connectivity index is 2.80. The van der Waals surface area contributed by atoms with Crippen molar-refractivity contribution in [2.75, 3.05) is 5.32 Å². The third-order valence-electron chi connectivity index (χ3n) is 1.73. The van der Waals surface area contributed by atoms with Gasteiger partial charge >= 0.3 is 0 Å². The van der Waals surface area contributed by atoms with Gasteiger partial charge in [0.05, 0.1) is 5.69 Å². The van der Waals surface area contributed by atoms with Crippen molar-refractivity contribution in [2.45, 2.75) is 19.9 Å². The van der Waals surface area contributed by atoms with Crippen LogP contribution in [0.15, 0.2) is 6.20 Å². The molecule has 1 amide bonds. The summed E-state index contributed by atoms with van der Waals surface area (Å²) in [6.07, 6.45) is 1.65. The topological polar surface area (TPSA) is 85.0 Å². The highest BCUT2D eigenvalue weighted by molar-refractivity contribution is 7.80. The lowest BCUT2D eigenvalue weighted by molar-refractivity contribution is 0.0995. The van der Waals surface area contributed by atoms with Gasteiger partial charge in [-0.15, -0.1) is 0 Å². The molecule has 0 aliphatic heterocycles. The Morgan fingerprint density at radius 3 is 2.75 bits per heavy atom. The quantitative estimate of drug-likeness (QED) is 0.659. The molecule has 0 spiro atoms. The summed E-state index contributed by atoms with van der Waals surface area (Å²) in [7, 11) is 1.70. The van der Waals surface area contributed by atoms with Gasteiger partial charge in [-0.2, -0.15) is 5.10 Å². The number of aromatic nitrogens is 2. The summed E-state index contributed by atoms with van der Waals surface area (Å²) in [6.45, 7) is 3.93. The molecule has 0 fully saturated rings. The number of thiocarbonyl (C=S) groups is 1. The van der Waals surface area contributed by atoms with Crippen LogP contribution in [0.1, 0.15) is 24.3 Å². The summed E-state index contributed by atoms with van der Waals surface area (Å²) >= 11 is 5.06. The second-order valence-corrected chi connectivity index (χ2v) is 4.09. The number of nitrogens with zero attached hydrogens (tertiary/aromatic N) is 2. The maximum Gasteiger partial charge on any atom is 0.271 e. The third kappa shape index (κ3) is 3.20. The second-order valence-electron chi connectivity index (χ2n) is 3.68. The first kappa shape index (κ1) is 12.4. The molecule has 0 aromatic carbocycles. The van der Waals surface area contributed by atoms with Gasteiger partial charge in [-0.05, 0) is 26.1 Å². The number of hydrogen-bond acceptors (Lipinski definition) is 3. The van der Waals surface area contributed by atoms with Crippen molar-refractivity contribution in [3.63, 3.8) is 0 Å². The lowest BCUT2D eigenvalue weighted by atomic mass is 10.3. The normalized spacial score (nSPS) is 10.2. The van der Waals surface area contributed by atoms with Gasteiger partial charge in [-0.1, -0.05) is 0 Å². The van der Waals surface area contributed by atoms with Gasteiger partial charge in [0.2, 0.25) is 0 Å². The van der Waals surface area contributed by atoms with E-state index in [1.54, 1.807) is 13.2 Å². The molecule has 0 aliphatic rings. The zero-order chi connectivity index (χ0) is 12.3. The number of carbonyl (C=O) groups is 1. The number of hydrogen-bond donors (Lipinski definition) is 3. The Labute approximate surface area is 99.2 Å². The largest absolute Gasteiger partial charge is 0.364 e. The van der Waals surface area contributed by atoms with Crippen LogP contribution in [0.25, 0.3) is 0 Å². The summed E-state index contributed by atoms with van der Waals surface area (Å²) < 4.78 is 1.50. The number of rotatable bonds is 3. The van der Waals surface area contributed by atoms with Crippen LogP contribution in [0.3, 0.4) is 0 Å². The second kappa shape index (κ2) is 4.93. The molecule has 16 heavy (non-hydrogen) atoms. The maximum atomic E-state index is 11.1. The van der Waals surface area contributed by atoms with Crippen molar-refractivity contribution >= 4 is 28.9 Å². The number of amides is 1. The van der Waals surface area contributed by atoms with E-state index in [0.29, 0.717) is 10.8 Å². The third-order valence-corrected chi connectivity index (χ3v) is 1.95. The molecule has 0 aliphatic carbocycles. The van der Waals surface area contributed by atoms with E-state index in [0.717, 1.165) is 0 Å². The molecule has 4 N–H and O–H groups in total. The average Bonchev–Trinajstić information content (AvgIpc) is 2.44. The lowest BCUT2D eigenvalue weighted by Gasteiger charge is -2.12.